The van der Waals surface area contributed by atoms with Gasteiger partial charge in [0.1, 0.15) is 0 Å². The van der Waals surface area contributed by atoms with Crippen molar-refractivity contribution < 1.29 is 0 Å². The molecular formula is C15H16Br2ClNS. The first-order valence-electron chi connectivity index (χ1n) is 6.47. The fraction of sp³-hybridized carbons (Fsp3) is 0.333. The van der Waals surface area contributed by atoms with Gasteiger partial charge in [0.2, 0.25) is 0 Å². The molecule has 0 fully saturated rings. The van der Waals surface area contributed by atoms with E-state index in [1.165, 1.54) is 10.4 Å². The molecule has 0 saturated carbocycles. The maximum Gasteiger partial charge on any atom is 0.0843 e. The third-order valence-corrected chi connectivity index (χ3v) is 6.80. The molecule has 0 bridgehead atoms. The Kier molecular flexibility index (Phi) is 6.11. The predicted octanol–water partition coefficient (Wildman–Crippen LogP) is 6.32. The van der Waals surface area contributed by atoms with E-state index in [0.717, 1.165) is 31.8 Å². The largest absolute Gasteiger partial charge is 0.306 e. The van der Waals surface area contributed by atoms with Crippen LogP contribution in [0.5, 0.6) is 0 Å². The lowest BCUT2D eigenvalue weighted by Crippen LogP contribution is -2.22. The minimum Gasteiger partial charge on any atom is -0.306 e. The highest BCUT2D eigenvalue weighted by Crippen LogP contribution is 2.38. The number of benzene rings is 1. The van der Waals surface area contributed by atoms with Crippen molar-refractivity contribution in [2.24, 2.45) is 0 Å². The van der Waals surface area contributed by atoms with E-state index in [4.69, 9.17) is 11.6 Å². The zero-order chi connectivity index (χ0) is 14.7. The summed E-state index contributed by atoms with van der Waals surface area (Å²) in [6.45, 7) is 5.18. The van der Waals surface area contributed by atoms with Gasteiger partial charge in [0.25, 0.3) is 0 Å². The van der Waals surface area contributed by atoms with Gasteiger partial charge in [-0.2, -0.15) is 0 Å². The summed E-state index contributed by atoms with van der Waals surface area (Å²) in [6, 6.07) is 8.63. The SMILES string of the molecule is CCCNC(c1ccc(C)c(Cl)c1)c1cc(Br)c(Br)s1. The van der Waals surface area contributed by atoms with E-state index in [-0.39, 0.29) is 6.04 Å². The van der Waals surface area contributed by atoms with Crippen molar-refractivity contribution >= 4 is 54.8 Å². The molecule has 1 heterocycles. The van der Waals surface area contributed by atoms with Gasteiger partial charge in [0.05, 0.1) is 9.83 Å². The van der Waals surface area contributed by atoms with E-state index in [1.807, 2.05) is 6.92 Å². The Bertz CT molecular complexity index is 578. The molecule has 2 aromatic rings. The van der Waals surface area contributed by atoms with Crippen LogP contribution in [0.4, 0.5) is 0 Å². The highest BCUT2D eigenvalue weighted by molar-refractivity contribution is 9.13. The van der Waals surface area contributed by atoms with Crippen LogP contribution in [0.2, 0.25) is 5.02 Å². The van der Waals surface area contributed by atoms with E-state index in [9.17, 15) is 0 Å². The third-order valence-electron chi connectivity index (χ3n) is 3.08. The second-order valence-electron chi connectivity index (χ2n) is 4.67. The van der Waals surface area contributed by atoms with Crippen LogP contribution < -0.4 is 5.32 Å². The van der Waals surface area contributed by atoms with Gasteiger partial charge in [-0.05, 0) is 75.0 Å². The fourth-order valence-corrected chi connectivity index (χ4v) is 4.35. The Morgan fingerprint density at radius 3 is 2.60 bits per heavy atom. The van der Waals surface area contributed by atoms with E-state index < -0.39 is 0 Å². The van der Waals surface area contributed by atoms with Gasteiger partial charge in [-0.3, -0.25) is 0 Å². The minimum atomic E-state index is 0.181. The van der Waals surface area contributed by atoms with Crippen molar-refractivity contribution in [3.8, 4) is 0 Å². The molecule has 0 spiro atoms. The van der Waals surface area contributed by atoms with Crippen LogP contribution in [0, 0.1) is 6.92 Å². The van der Waals surface area contributed by atoms with Crippen molar-refractivity contribution in [2.45, 2.75) is 26.3 Å². The van der Waals surface area contributed by atoms with E-state index in [2.05, 4.69) is 68.4 Å². The molecule has 2 rings (SSSR count). The molecule has 0 amide bonds. The Hall–Kier alpha value is 0.130. The summed E-state index contributed by atoms with van der Waals surface area (Å²) in [5.41, 5.74) is 2.31. The van der Waals surface area contributed by atoms with Crippen LogP contribution in [0.3, 0.4) is 0 Å². The van der Waals surface area contributed by atoms with E-state index in [1.54, 1.807) is 11.3 Å². The number of hydrogen-bond acceptors (Lipinski definition) is 2. The van der Waals surface area contributed by atoms with Crippen LogP contribution in [0.1, 0.15) is 35.4 Å². The van der Waals surface area contributed by atoms with Crippen LogP contribution in [-0.4, -0.2) is 6.54 Å². The Morgan fingerprint density at radius 2 is 2.05 bits per heavy atom. The first-order chi connectivity index (χ1) is 9.52. The number of halogens is 3. The molecule has 5 heteroatoms. The Labute approximate surface area is 146 Å². The van der Waals surface area contributed by atoms with Gasteiger partial charge >= 0.3 is 0 Å². The molecule has 1 nitrogen and oxygen atoms in total. The predicted molar refractivity (Wildman–Crippen MR) is 96.0 cm³/mol. The van der Waals surface area contributed by atoms with Crippen LogP contribution in [-0.2, 0) is 0 Å². The second-order valence-corrected chi connectivity index (χ2v) is 8.33. The molecule has 1 atom stereocenters. The van der Waals surface area contributed by atoms with Gasteiger partial charge in [-0.25, -0.2) is 0 Å². The molecule has 1 unspecified atom stereocenters. The maximum atomic E-state index is 6.27. The molecule has 0 saturated heterocycles. The summed E-state index contributed by atoms with van der Waals surface area (Å²) in [4.78, 5) is 1.28. The maximum absolute atomic E-state index is 6.27. The van der Waals surface area contributed by atoms with Crippen molar-refractivity contribution in [3.63, 3.8) is 0 Å². The monoisotopic (exact) mass is 435 g/mol. The summed E-state index contributed by atoms with van der Waals surface area (Å²) < 4.78 is 2.22. The molecule has 1 aromatic carbocycles. The number of nitrogens with one attached hydrogen (secondary N) is 1. The lowest BCUT2D eigenvalue weighted by molar-refractivity contribution is 0.606. The fourth-order valence-electron chi connectivity index (χ4n) is 1.97. The van der Waals surface area contributed by atoms with Gasteiger partial charge in [0, 0.05) is 14.4 Å². The average molecular weight is 438 g/mol. The topological polar surface area (TPSA) is 12.0 Å². The van der Waals surface area contributed by atoms with Crippen molar-refractivity contribution in [1.82, 2.24) is 5.32 Å². The van der Waals surface area contributed by atoms with Gasteiger partial charge in [0.15, 0.2) is 0 Å². The van der Waals surface area contributed by atoms with Crippen molar-refractivity contribution in [1.29, 1.82) is 0 Å². The Balaban J connectivity index is 2.38. The summed E-state index contributed by atoms with van der Waals surface area (Å²) in [6.07, 6.45) is 1.10. The highest BCUT2D eigenvalue weighted by Gasteiger charge is 2.18. The smallest absolute Gasteiger partial charge is 0.0843 e. The summed E-state index contributed by atoms with van der Waals surface area (Å²) >= 11 is 15.1. The molecule has 1 aromatic heterocycles. The molecule has 108 valence electrons. The quantitative estimate of drug-likeness (QED) is 0.577. The molecule has 0 aliphatic rings. The van der Waals surface area contributed by atoms with Crippen LogP contribution in [0.25, 0.3) is 0 Å². The molecule has 1 N–H and O–H groups in total. The first-order valence-corrected chi connectivity index (χ1v) is 9.25. The van der Waals surface area contributed by atoms with Crippen LogP contribution >= 0.6 is 54.8 Å². The molecular weight excluding hydrogens is 422 g/mol. The molecule has 0 radical (unpaired) electrons. The number of aryl methyl sites for hydroxylation is 1. The number of thiophene rings is 1. The van der Waals surface area contributed by atoms with Gasteiger partial charge in [-0.15, -0.1) is 11.3 Å². The van der Waals surface area contributed by atoms with Crippen molar-refractivity contribution in [2.75, 3.05) is 6.54 Å². The highest BCUT2D eigenvalue weighted by atomic mass is 79.9. The van der Waals surface area contributed by atoms with Gasteiger partial charge < -0.3 is 5.32 Å². The molecule has 20 heavy (non-hydrogen) atoms. The second kappa shape index (κ2) is 7.41. The zero-order valence-electron chi connectivity index (χ0n) is 11.3. The Morgan fingerprint density at radius 1 is 1.30 bits per heavy atom. The number of rotatable bonds is 5. The van der Waals surface area contributed by atoms with Crippen molar-refractivity contribution in [3.05, 3.63) is 53.6 Å². The number of hydrogen-bond donors (Lipinski definition) is 1. The standard InChI is InChI=1S/C15H16Br2ClNS/c1-3-6-19-14(13-8-11(16)15(17)20-13)10-5-4-9(2)12(18)7-10/h4-5,7-8,14,19H,3,6H2,1-2H3. The zero-order valence-corrected chi connectivity index (χ0v) is 16.1. The molecule has 0 aliphatic heterocycles. The van der Waals surface area contributed by atoms with E-state index in [0.29, 0.717) is 0 Å². The minimum absolute atomic E-state index is 0.181. The first kappa shape index (κ1) is 16.5. The lowest BCUT2D eigenvalue weighted by Gasteiger charge is -2.18. The third kappa shape index (κ3) is 3.86. The van der Waals surface area contributed by atoms with Gasteiger partial charge in [-0.1, -0.05) is 30.7 Å². The summed E-state index contributed by atoms with van der Waals surface area (Å²) in [5.74, 6) is 0. The normalized spacial score (nSPS) is 12.7. The summed E-state index contributed by atoms with van der Waals surface area (Å²) in [5, 5.41) is 4.42. The lowest BCUT2D eigenvalue weighted by atomic mass is 10.0. The van der Waals surface area contributed by atoms with E-state index >= 15 is 0 Å². The average Bonchev–Trinajstić information content (AvgIpc) is 2.74. The molecule has 0 aliphatic carbocycles. The van der Waals surface area contributed by atoms with Crippen LogP contribution in [0.15, 0.2) is 32.5 Å². The summed E-state index contributed by atoms with van der Waals surface area (Å²) in [7, 11) is 0.